The summed E-state index contributed by atoms with van der Waals surface area (Å²) >= 11 is 0. The highest BCUT2D eigenvalue weighted by Gasteiger charge is 2.49. The van der Waals surface area contributed by atoms with Gasteiger partial charge in [0.15, 0.2) is 0 Å². The normalized spacial score (nSPS) is 30.8. The van der Waals surface area contributed by atoms with E-state index in [4.69, 9.17) is 11.3 Å². The van der Waals surface area contributed by atoms with E-state index in [1.54, 1.807) is 0 Å². The molecule has 3 heteroatoms. The first-order chi connectivity index (χ1) is 10.7. The third-order valence-electron chi connectivity index (χ3n) is 5.40. The van der Waals surface area contributed by atoms with Crippen LogP contribution in [0.5, 0.6) is 0 Å². The lowest BCUT2D eigenvalue weighted by atomic mass is 9.72. The van der Waals surface area contributed by atoms with Gasteiger partial charge in [0, 0.05) is 18.9 Å². The lowest BCUT2D eigenvalue weighted by Gasteiger charge is -2.40. The fraction of sp³-hybridized carbons (Fsp3) is 0.632. The summed E-state index contributed by atoms with van der Waals surface area (Å²) in [6.45, 7) is 13.9. The van der Waals surface area contributed by atoms with E-state index in [0.29, 0.717) is 5.92 Å². The van der Waals surface area contributed by atoms with E-state index in [-0.39, 0.29) is 11.6 Å². The summed E-state index contributed by atoms with van der Waals surface area (Å²) < 4.78 is 5.67. The second-order valence-corrected chi connectivity index (χ2v) is 6.89. The van der Waals surface area contributed by atoms with Crippen molar-refractivity contribution in [3.8, 4) is 0 Å². The van der Waals surface area contributed by atoms with Crippen LogP contribution in [0.15, 0.2) is 30.3 Å². The van der Waals surface area contributed by atoms with Gasteiger partial charge in [-0.25, -0.2) is 6.57 Å². The van der Waals surface area contributed by atoms with E-state index in [1.807, 2.05) is 0 Å². The lowest BCUT2D eigenvalue weighted by molar-refractivity contribution is -0.0214. The molecule has 2 atom stereocenters. The SMILES string of the molecule is [C-]#[N+][C@]1(C2CCN(Cc3ccccc3)CC2)CCO[C@@H](C)C1. The molecule has 0 amide bonds. The van der Waals surface area contributed by atoms with Crippen LogP contribution in [0.4, 0.5) is 0 Å². The van der Waals surface area contributed by atoms with E-state index < -0.39 is 0 Å². The van der Waals surface area contributed by atoms with Gasteiger partial charge in [0.05, 0.1) is 19.1 Å². The fourth-order valence-electron chi connectivity index (χ4n) is 4.13. The summed E-state index contributed by atoms with van der Waals surface area (Å²) in [5.74, 6) is 0.545. The molecule has 0 bridgehead atoms. The Kier molecular flexibility index (Phi) is 4.81. The van der Waals surface area contributed by atoms with Crippen molar-refractivity contribution in [2.75, 3.05) is 19.7 Å². The molecule has 0 saturated carbocycles. The first kappa shape index (κ1) is 15.5. The Morgan fingerprint density at radius 1 is 1.27 bits per heavy atom. The zero-order chi connectivity index (χ0) is 15.4. The molecule has 118 valence electrons. The molecular formula is C19H26N2O. The highest BCUT2D eigenvalue weighted by atomic mass is 16.5. The van der Waals surface area contributed by atoms with Gasteiger partial charge in [-0.3, -0.25) is 4.90 Å². The third-order valence-corrected chi connectivity index (χ3v) is 5.40. The third kappa shape index (κ3) is 3.34. The van der Waals surface area contributed by atoms with E-state index >= 15 is 0 Å². The van der Waals surface area contributed by atoms with Gasteiger partial charge in [-0.15, -0.1) is 0 Å². The molecule has 0 unspecified atom stereocenters. The van der Waals surface area contributed by atoms with Gasteiger partial charge in [-0.1, -0.05) is 30.3 Å². The van der Waals surface area contributed by atoms with Gasteiger partial charge >= 0.3 is 0 Å². The Morgan fingerprint density at radius 2 is 2.00 bits per heavy atom. The number of hydrogen-bond donors (Lipinski definition) is 0. The molecular weight excluding hydrogens is 272 g/mol. The van der Waals surface area contributed by atoms with Crippen LogP contribution in [0.3, 0.4) is 0 Å². The second-order valence-electron chi connectivity index (χ2n) is 6.89. The van der Waals surface area contributed by atoms with Gasteiger partial charge in [0.2, 0.25) is 5.54 Å². The maximum atomic E-state index is 7.76. The smallest absolute Gasteiger partial charge is 0.240 e. The molecule has 2 saturated heterocycles. The number of nitrogens with zero attached hydrogens (tertiary/aromatic N) is 2. The number of rotatable bonds is 3. The van der Waals surface area contributed by atoms with Crippen molar-refractivity contribution in [1.29, 1.82) is 0 Å². The van der Waals surface area contributed by atoms with Gasteiger partial charge in [0.25, 0.3) is 0 Å². The minimum absolute atomic E-state index is 0.156. The Bertz CT molecular complexity index is 516. The van der Waals surface area contributed by atoms with E-state index in [2.05, 4.69) is 47.0 Å². The molecule has 0 radical (unpaired) electrons. The van der Waals surface area contributed by atoms with Crippen LogP contribution >= 0.6 is 0 Å². The molecule has 0 N–H and O–H groups in total. The second kappa shape index (κ2) is 6.81. The van der Waals surface area contributed by atoms with Crippen LogP contribution < -0.4 is 0 Å². The van der Waals surface area contributed by atoms with E-state index in [1.165, 1.54) is 5.56 Å². The first-order valence-electron chi connectivity index (χ1n) is 8.48. The summed E-state index contributed by atoms with van der Waals surface area (Å²) in [6, 6.07) is 10.7. The minimum Gasteiger partial charge on any atom is -0.378 e. The Labute approximate surface area is 134 Å². The predicted octanol–water partition coefficient (Wildman–Crippen LogP) is 3.76. The molecule has 2 aliphatic rings. The van der Waals surface area contributed by atoms with Crippen molar-refractivity contribution in [2.45, 2.75) is 50.8 Å². The molecule has 0 aromatic heterocycles. The van der Waals surface area contributed by atoms with Crippen molar-refractivity contribution < 1.29 is 4.74 Å². The number of benzene rings is 1. The number of piperidine rings is 1. The summed E-state index contributed by atoms with van der Waals surface area (Å²) in [4.78, 5) is 6.65. The van der Waals surface area contributed by atoms with E-state index in [0.717, 1.165) is 51.9 Å². The van der Waals surface area contributed by atoms with Crippen LogP contribution in [0.2, 0.25) is 0 Å². The van der Waals surface area contributed by atoms with Crippen molar-refractivity contribution in [3.05, 3.63) is 47.3 Å². The molecule has 2 aliphatic heterocycles. The fourth-order valence-corrected chi connectivity index (χ4v) is 4.13. The molecule has 1 aromatic carbocycles. The van der Waals surface area contributed by atoms with Crippen LogP contribution in [0.25, 0.3) is 4.85 Å². The maximum absolute atomic E-state index is 7.76. The van der Waals surface area contributed by atoms with Crippen LogP contribution in [-0.2, 0) is 11.3 Å². The average Bonchev–Trinajstić information content (AvgIpc) is 2.56. The summed E-state index contributed by atoms with van der Waals surface area (Å²) in [7, 11) is 0. The van der Waals surface area contributed by atoms with Crippen molar-refractivity contribution >= 4 is 0 Å². The molecule has 0 aliphatic carbocycles. The lowest BCUT2D eigenvalue weighted by Crippen LogP contribution is -2.47. The maximum Gasteiger partial charge on any atom is 0.240 e. The molecule has 3 nitrogen and oxygen atoms in total. The quantitative estimate of drug-likeness (QED) is 0.790. The first-order valence-corrected chi connectivity index (χ1v) is 8.48. The van der Waals surface area contributed by atoms with Gasteiger partial charge in [-0.05, 0) is 38.4 Å². The topological polar surface area (TPSA) is 16.8 Å². The molecule has 2 fully saturated rings. The zero-order valence-corrected chi connectivity index (χ0v) is 13.5. The van der Waals surface area contributed by atoms with Crippen LogP contribution in [-0.4, -0.2) is 36.2 Å². The Hall–Kier alpha value is -1.37. The van der Waals surface area contributed by atoms with Crippen molar-refractivity contribution in [3.63, 3.8) is 0 Å². The predicted molar refractivity (Wildman–Crippen MR) is 88.4 cm³/mol. The standard InChI is InChI=1S/C19H26N2O/c1-16-14-19(20-2,10-13-22-16)18-8-11-21(12-9-18)15-17-6-4-3-5-7-17/h3-7,16,18H,8-15H2,1H3/t16-,19+/m0/s1. The summed E-state index contributed by atoms with van der Waals surface area (Å²) in [5, 5.41) is 0. The number of hydrogen-bond acceptors (Lipinski definition) is 2. The molecule has 1 aromatic rings. The Morgan fingerprint density at radius 3 is 2.64 bits per heavy atom. The monoisotopic (exact) mass is 298 g/mol. The minimum atomic E-state index is -0.156. The van der Waals surface area contributed by atoms with Crippen LogP contribution in [0.1, 0.15) is 38.2 Å². The van der Waals surface area contributed by atoms with Crippen LogP contribution in [0, 0.1) is 12.5 Å². The molecule has 0 spiro atoms. The average molecular weight is 298 g/mol. The largest absolute Gasteiger partial charge is 0.378 e. The van der Waals surface area contributed by atoms with E-state index in [9.17, 15) is 0 Å². The zero-order valence-electron chi connectivity index (χ0n) is 13.5. The van der Waals surface area contributed by atoms with Gasteiger partial charge < -0.3 is 9.58 Å². The summed E-state index contributed by atoms with van der Waals surface area (Å²) in [5.41, 5.74) is 1.23. The molecule has 22 heavy (non-hydrogen) atoms. The molecule has 2 heterocycles. The van der Waals surface area contributed by atoms with Crippen molar-refractivity contribution in [2.24, 2.45) is 5.92 Å². The van der Waals surface area contributed by atoms with Crippen molar-refractivity contribution in [1.82, 2.24) is 4.90 Å². The summed E-state index contributed by atoms with van der Waals surface area (Å²) in [6.07, 6.45) is 4.39. The Balaban J connectivity index is 1.58. The number of likely N-dealkylation sites (tertiary alicyclic amines) is 1. The highest BCUT2D eigenvalue weighted by molar-refractivity contribution is 5.15. The number of ether oxygens (including phenoxy) is 1. The highest BCUT2D eigenvalue weighted by Crippen LogP contribution is 2.41. The molecule has 3 rings (SSSR count). The van der Waals surface area contributed by atoms with Gasteiger partial charge in [-0.2, -0.15) is 0 Å². The van der Waals surface area contributed by atoms with Gasteiger partial charge in [0.1, 0.15) is 0 Å².